The third kappa shape index (κ3) is 2.63. The van der Waals surface area contributed by atoms with Gasteiger partial charge in [-0.3, -0.25) is 4.79 Å². The van der Waals surface area contributed by atoms with Crippen LogP contribution in [0, 0.1) is 0 Å². The SMILES string of the molecule is Cl.O=C(c1ccccc1)c1ccccc1Cl. The molecule has 16 heavy (non-hydrogen) atoms. The molecule has 0 heterocycles. The minimum absolute atomic E-state index is 0. The molecule has 0 atom stereocenters. The molecule has 1 nitrogen and oxygen atoms in total. The van der Waals surface area contributed by atoms with Crippen molar-refractivity contribution in [3.8, 4) is 0 Å². The maximum absolute atomic E-state index is 12.0. The highest BCUT2D eigenvalue weighted by Gasteiger charge is 2.10. The lowest BCUT2D eigenvalue weighted by Gasteiger charge is -2.02. The van der Waals surface area contributed by atoms with E-state index in [9.17, 15) is 4.79 Å². The average Bonchev–Trinajstić information content (AvgIpc) is 2.30. The highest BCUT2D eigenvalue weighted by atomic mass is 35.5. The molecule has 0 amide bonds. The van der Waals surface area contributed by atoms with Crippen molar-refractivity contribution in [1.29, 1.82) is 0 Å². The summed E-state index contributed by atoms with van der Waals surface area (Å²) in [4.78, 5) is 12.0. The van der Waals surface area contributed by atoms with Crippen molar-refractivity contribution >= 4 is 29.8 Å². The van der Waals surface area contributed by atoms with Crippen LogP contribution >= 0.6 is 24.0 Å². The van der Waals surface area contributed by atoms with Crippen LogP contribution in [0.25, 0.3) is 0 Å². The van der Waals surface area contributed by atoms with Crippen LogP contribution in [0.3, 0.4) is 0 Å². The van der Waals surface area contributed by atoms with Gasteiger partial charge in [0.15, 0.2) is 5.78 Å². The second-order valence-corrected chi connectivity index (χ2v) is 3.58. The average molecular weight is 253 g/mol. The number of carbonyl (C=O) groups is 1. The van der Waals surface area contributed by atoms with Crippen molar-refractivity contribution < 1.29 is 4.79 Å². The fourth-order valence-corrected chi connectivity index (χ4v) is 1.61. The lowest BCUT2D eigenvalue weighted by molar-refractivity contribution is 0.103. The molecule has 82 valence electrons. The Kier molecular flexibility index (Phi) is 4.53. The number of rotatable bonds is 2. The molecule has 0 saturated carbocycles. The second kappa shape index (κ2) is 5.69. The Bertz CT molecular complexity index is 480. The first kappa shape index (κ1) is 12.8. The van der Waals surface area contributed by atoms with Crippen LogP contribution in [-0.4, -0.2) is 5.78 Å². The zero-order valence-electron chi connectivity index (χ0n) is 8.39. The van der Waals surface area contributed by atoms with Crippen LogP contribution < -0.4 is 0 Å². The van der Waals surface area contributed by atoms with Gasteiger partial charge in [0.1, 0.15) is 0 Å². The van der Waals surface area contributed by atoms with E-state index in [1.807, 2.05) is 30.3 Å². The van der Waals surface area contributed by atoms with Gasteiger partial charge in [-0.25, -0.2) is 0 Å². The Morgan fingerprint density at radius 3 is 2.06 bits per heavy atom. The van der Waals surface area contributed by atoms with Gasteiger partial charge in [0.25, 0.3) is 0 Å². The molecule has 2 rings (SSSR count). The Morgan fingerprint density at radius 2 is 1.44 bits per heavy atom. The number of benzene rings is 2. The minimum Gasteiger partial charge on any atom is -0.289 e. The van der Waals surface area contributed by atoms with Crippen molar-refractivity contribution in [1.82, 2.24) is 0 Å². The summed E-state index contributed by atoms with van der Waals surface area (Å²) in [6.45, 7) is 0. The summed E-state index contributed by atoms with van der Waals surface area (Å²) in [5.74, 6) is -0.0406. The quantitative estimate of drug-likeness (QED) is 0.739. The zero-order valence-corrected chi connectivity index (χ0v) is 9.96. The topological polar surface area (TPSA) is 17.1 Å². The molecule has 0 aromatic heterocycles. The first-order valence-corrected chi connectivity index (χ1v) is 5.01. The summed E-state index contributed by atoms with van der Waals surface area (Å²) >= 11 is 5.95. The van der Waals surface area contributed by atoms with Crippen LogP contribution in [0.15, 0.2) is 54.6 Å². The molecule has 0 unspecified atom stereocenters. The van der Waals surface area contributed by atoms with Crippen molar-refractivity contribution in [2.45, 2.75) is 0 Å². The highest BCUT2D eigenvalue weighted by molar-refractivity contribution is 6.34. The van der Waals surface area contributed by atoms with Crippen LogP contribution in [0.1, 0.15) is 15.9 Å². The third-order valence-corrected chi connectivity index (χ3v) is 2.48. The molecule has 2 aromatic rings. The van der Waals surface area contributed by atoms with Crippen LogP contribution in [0.5, 0.6) is 0 Å². The first-order valence-electron chi connectivity index (χ1n) is 4.63. The van der Waals surface area contributed by atoms with Crippen molar-refractivity contribution in [3.05, 3.63) is 70.7 Å². The molecule has 0 fully saturated rings. The molecular formula is C13H10Cl2O. The van der Waals surface area contributed by atoms with E-state index in [-0.39, 0.29) is 18.2 Å². The number of carbonyl (C=O) groups excluding carboxylic acids is 1. The minimum atomic E-state index is -0.0406. The summed E-state index contributed by atoms with van der Waals surface area (Å²) in [6, 6.07) is 16.2. The van der Waals surface area contributed by atoms with Crippen molar-refractivity contribution in [3.63, 3.8) is 0 Å². The Labute approximate surface area is 105 Å². The Balaban J connectivity index is 0.00000128. The van der Waals surface area contributed by atoms with E-state index in [0.717, 1.165) is 0 Å². The summed E-state index contributed by atoms with van der Waals surface area (Å²) in [6.07, 6.45) is 0. The van der Waals surface area contributed by atoms with Crippen LogP contribution in [-0.2, 0) is 0 Å². The molecule has 0 aliphatic rings. The zero-order chi connectivity index (χ0) is 10.7. The maximum Gasteiger partial charge on any atom is 0.194 e. The largest absolute Gasteiger partial charge is 0.289 e. The summed E-state index contributed by atoms with van der Waals surface area (Å²) < 4.78 is 0. The Morgan fingerprint density at radius 1 is 0.875 bits per heavy atom. The number of ketones is 1. The monoisotopic (exact) mass is 252 g/mol. The molecular weight excluding hydrogens is 243 g/mol. The van der Waals surface area contributed by atoms with Gasteiger partial charge in [-0.05, 0) is 12.1 Å². The normalized spacial score (nSPS) is 9.31. The number of hydrogen-bond acceptors (Lipinski definition) is 1. The van der Waals surface area contributed by atoms with E-state index in [2.05, 4.69) is 0 Å². The van der Waals surface area contributed by atoms with Gasteiger partial charge in [0, 0.05) is 11.1 Å². The predicted octanol–water partition coefficient (Wildman–Crippen LogP) is 3.99. The standard InChI is InChI=1S/C13H9ClO.ClH/c14-12-9-5-4-8-11(12)13(15)10-6-2-1-3-7-10;/h1-9H;1H. The molecule has 0 radical (unpaired) electrons. The molecule has 2 aromatic carbocycles. The lowest BCUT2D eigenvalue weighted by Crippen LogP contribution is -2.01. The van der Waals surface area contributed by atoms with Crippen molar-refractivity contribution in [2.75, 3.05) is 0 Å². The smallest absolute Gasteiger partial charge is 0.194 e. The Hall–Kier alpha value is -1.31. The van der Waals surface area contributed by atoms with Gasteiger partial charge < -0.3 is 0 Å². The fraction of sp³-hybridized carbons (Fsp3) is 0. The molecule has 0 saturated heterocycles. The van der Waals surface area contributed by atoms with E-state index in [0.29, 0.717) is 16.1 Å². The highest BCUT2D eigenvalue weighted by Crippen LogP contribution is 2.18. The molecule has 0 aliphatic heterocycles. The predicted molar refractivity (Wildman–Crippen MR) is 68.6 cm³/mol. The molecule has 0 spiro atoms. The third-order valence-electron chi connectivity index (χ3n) is 2.15. The summed E-state index contributed by atoms with van der Waals surface area (Å²) in [5, 5.41) is 0.492. The van der Waals surface area contributed by atoms with Crippen LogP contribution in [0.2, 0.25) is 5.02 Å². The molecule has 0 N–H and O–H groups in total. The van der Waals surface area contributed by atoms with E-state index in [4.69, 9.17) is 11.6 Å². The van der Waals surface area contributed by atoms with Crippen molar-refractivity contribution in [2.24, 2.45) is 0 Å². The lowest BCUT2D eigenvalue weighted by atomic mass is 10.0. The van der Waals surface area contributed by atoms with E-state index >= 15 is 0 Å². The summed E-state index contributed by atoms with van der Waals surface area (Å²) in [7, 11) is 0. The van der Waals surface area contributed by atoms with Gasteiger partial charge in [-0.1, -0.05) is 54.1 Å². The van der Waals surface area contributed by atoms with Gasteiger partial charge in [0.05, 0.1) is 5.02 Å². The van der Waals surface area contributed by atoms with Gasteiger partial charge in [0.2, 0.25) is 0 Å². The van der Waals surface area contributed by atoms with E-state index in [1.165, 1.54) is 0 Å². The van der Waals surface area contributed by atoms with E-state index < -0.39 is 0 Å². The fourth-order valence-electron chi connectivity index (χ4n) is 1.39. The van der Waals surface area contributed by atoms with Crippen LogP contribution in [0.4, 0.5) is 0 Å². The second-order valence-electron chi connectivity index (χ2n) is 3.17. The van der Waals surface area contributed by atoms with E-state index in [1.54, 1.807) is 24.3 Å². The summed E-state index contributed by atoms with van der Waals surface area (Å²) in [5.41, 5.74) is 1.20. The van der Waals surface area contributed by atoms with Gasteiger partial charge in [-0.15, -0.1) is 12.4 Å². The van der Waals surface area contributed by atoms with Gasteiger partial charge in [-0.2, -0.15) is 0 Å². The number of halogens is 2. The van der Waals surface area contributed by atoms with Gasteiger partial charge >= 0.3 is 0 Å². The maximum atomic E-state index is 12.0. The molecule has 3 heteroatoms. The molecule has 0 bridgehead atoms. The number of hydrogen-bond donors (Lipinski definition) is 0. The first-order chi connectivity index (χ1) is 7.29. The molecule has 0 aliphatic carbocycles.